The Morgan fingerprint density at radius 3 is 2.62 bits per heavy atom. The molecular formula is C9H17NO5S. The molecule has 16 heavy (non-hydrogen) atoms. The molecule has 0 radical (unpaired) electrons. The van der Waals surface area contributed by atoms with E-state index in [2.05, 4.69) is 0 Å². The van der Waals surface area contributed by atoms with Crippen LogP contribution < -0.4 is 0 Å². The van der Waals surface area contributed by atoms with Crippen molar-refractivity contribution in [1.82, 2.24) is 4.31 Å². The molecule has 1 aliphatic heterocycles. The van der Waals surface area contributed by atoms with E-state index in [4.69, 9.17) is 9.84 Å². The first-order valence-corrected chi connectivity index (χ1v) is 6.77. The summed E-state index contributed by atoms with van der Waals surface area (Å²) in [5, 5.41) is 8.93. The van der Waals surface area contributed by atoms with Crippen LogP contribution in [0.1, 0.15) is 13.3 Å². The number of rotatable bonds is 5. The summed E-state index contributed by atoms with van der Waals surface area (Å²) in [4.78, 5) is 10.9. The number of aliphatic carboxylic acids is 1. The molecule has 94 valence electrons. The molecule has 0 bridgehead atoms. The standard InChI is InChI=1S/C9H17NO5S/c1-3-4-16(13,14)10(2)8-6-15-5-7(8)9(11)12/h7-8H,3-6H2,1-2H3,(H,11,12). The first-order chi connectivity index (χ1) is 7.40. The van der Waals surface area contributed by atoms with Gasteiger partial charge in [-0.05, 0) is 6.42 Å². The Labute approximate surface area is 95.2 Å². The van der Waals surface area contributed by atoms with Gasteiger partial charge in [0.1, 0.15) is 0 Å². The number of hydrogen-bond donors (Lipinski definition) is 1. The van der Waals surface area contributed by atoms with Gasteiger partial charge in [0.2, 0.25) is 10.0 Å². The van der Waals surface area contributed by atoms with Crippen molar-refractivity contribution >= 4 is 16.0 Å². The number of ether oxygens (including phenoxy) is 1. The fraction of sp³-hybridized carbons (Fsp3) is 0.889. The van der Waals surface area contributed by atoms with E-state index < -0.39 is 28.0 Å². The van der Waals surface area contributed by atoms with Crippen molar-refractivity contribution in [2.75, 3.05) is 26.0 Å². The molecule has 0 aromatic carbocycles. The highest BCUT2D eigenvalue weighted by atomic mass is 32.2. The number of carboxylic acid groups (broad SMARTS) is 1. The second kappa shape index (κ2) is 5.11. The van der Waals surface area contributed by atoms with E-state index >= 15 is 0 Å². The van der Waals surface area contributed by atoms with Crippen molar-refractivity contribution in [2.45, 2.75) is 19.4 Å². The number of nitrogens with zero attached hydrogens (tertiary/aromatic N) is 1. The van der Waals surface area contributed by atoms with Crippen LogP contribution in [0.25, 0.3) is 0 Å². The molecule has 1 fully saturated rings. The summed E-state index contributed by atoms with van der Waals surface area (Å²) < 4.78 is 29.7. The maximum Gasteiger partial charge on any atom is 0.310 e. The Hall–Kier alpha value is -0.660. The molecule has 2 atom stereocenters. The quantitative estimate of drug-likeness (QED) is 0.729. The van der Waals surface area contributed by atoms with Gasteiger partial charge in [-0.1, -0.05) is 6.92 Å². The molecule has 0 aromatic heterocycles. The van der Waals surface area contributed by atoms with Crippen molar-refractivity contribution in [3.05, 3.63) is 0 Å². The Morgan fingerprint density at radius 2 is 2.12 bits per heavy atom. The van der Waals surface area contributed by atoms with E-state index in [-0.39, 0.29) is 19.0 Å². The van der Waals surface area contributed by atoms with Gasteiger partial charge in [0.05, 0.1) is 30.9 Å². The predicted octanol–water partition coefficient (Wildman–Crippen LogP) is -0.242. The molecule has 1 aliphatic rings. The second-order valence-electron chi connectivity index (χ2n) is 3.88. The van der Waals surface area contributed by atoms with E-state index in [9.17, 15) is 13.2 Å². The summed E-state index contributed by atoms with van der Waals surface area (Å²) in [6.45, 7) is 1.99. The first-order valence-electron chi connectivity index (χ1n) is 5.16. The molecular weight excluding hydrogens is 234 g/mol. The lowest BCUT2D eigenvalue weighted by molar-refractivity contribution is -0.142. The van der Waals surface area contributed by atoms with E-state index in [1.54, 1.807) is 6.92 Å². The number of hydrogen-bond acceptors (Lipinski definition) is 4. The number of carboxylic acids is 1. The third-order valence-corrected chi connectivity index (χ3v) is 4.81. The lowest BCUT2D eigenvalue weighted by Crippen LogP contribution is -2.44. The second-order valence-corrected chi connectivity index (χ2v) is 6.03. The van der Waals surface area contributed by atoms with Crippen LogP contribution in [0.4, 0.5) is 0 Å². The van der Waals surface area contributed by atoms with E-state index in [0.717, 1.165) is 4.31 Å². The Morgan fingerprint density at radius 1 is 1.50 bits per heavy atom. The largest absolute Gasteiger partial charge is 0.481 e. The van der Waals surface area contributed by atoms with Crippen LogP contribution in [0.3, 0.4) is 0 Å². The molecule has 1 heterocycles. The lowest BCUT2D eigenvalue weighted by atomic mass is 10.1. The van der Waals surface area contributed by atoms with Crippen LogP contribution in [0.15, 0.2) is 0 Å². The van der Waals surface area contributed by atoms with Crippen LogP contribution in [-0.4, -0.2) is 55.9 Å². The average molecular weight is 251 g/mol. The molecule has 1 N–H and O–H groups in total. The van der Waals surface area contributed by atoms with Crippen LogP contribution in [0.2, 0.25) is 0 Å². The van der Waals surface area contributed by atoms with Gasteiger partial charge >= 0.3 is 5.97 Å². The van der Waals surface area contributed by atoms with E-state index in [0.29, 0.717) is 6.42 Å². The summed E-state index contributed by atoms with van der Waals surface area (Å²) in [5.74, 6) is -1.75. The molecule has 0 spiro atoms. The number of carbonyl (C=O) groups is 1. The minimum atomic E-state index is -3.37. The fourth-order valence-electron chi connectivity index (χ4n) is 1.75. The normalized spacial score (nSPS) is 26.2. The summed E-state index contributed by atoms with van der Waals surface area (Å²) in [5.41, 5.74) is 0. The Bertz CT molecular complexity index is 353. The number of likely N-dealkylation sites (N-methyl/N-ethyl adjacent to an activating group) is 1. The summed E-state index contributed by atoms with van der Waals surface area (Å²) in [7, 11) is -1.95. The van der Waals surface area contributed by atoms with Crippen LogP contribution in [-0.2, 0) is 19.6 Å². The molecule has 0 saturated carbocycles. The lowest BCUT2D eigenvalue weighted by Gasteiger charge is -2.25. The third-order valence-electron chi connectivity index (χ3n) is 2.74. The van der Waals surface area contributed by atoms with Crippen molar-refractivity contribution in [3.63, 3.8) is 0 Å². The molecule has 1 saturated heterocycles. The van der Waals surface area contributed by atoms with Gasteiger partial charge < -0.3 is 9.84 Å². The zero-order valence-corrected chi connectivity index (χ0v) is 10.2. The van der Waals surface area contributed by atoms with E-state index in [1.807, 2.05) is 0 Å². The summed E-state index contributed by atoms with van der Waals surface area (Å²) >= 11 is 0. The van der Waals surface area contributed by atoms with Crippen molar-refractivity contribution in [2.24, 2.45) is 5.92 Å². The average Bonchev–Trinajstić information content (AvgIpc) is 2.64. The maximum absolute atomic E-state index is 11.8. The van der Waals surface area contributed by atoms with Gasteiger partial charge in [-0.25, -0.2) is 8.42 Å². The molecule has 6 nitrogen and oxygen atoms in total. The van der Waals surface area contributed by atoms with Gasteiger partial charge in [-0.15, -0.1) is 0 Å². The zero-order chi connectivity index (χ0) is 12.3. The Balaban J connectivity index is 2.80. The molecule has 7 heteroatoms. The minimum absolute atomic E-state index is 0.0341. The highest BCUT2D eigenvalue weighted by molar-refractivity contribution is 7.89. The highest BCUT2D eigenvalue weighted by Crippen LogP contribution is 2.21. The summed E-state index contributed by atoms with van der Waals surface area (Å²) in [6.07, 6.45) is 0.512. The SMILES string of the molecule is CCCS(=O)(=O)N(C)C1COCC1C(=O)O. The monoisotopic (exact) mass is 251 g/mol. The first kappa shape index (κ1) is 13.4. The third kappa shape index (κ3) is 2.72. The van der Waals surface area contributed by atoms with E-state index in [1.165, 1.54) is 7.05 Å². The van der Waals surface area contributed by atoms with Gasteiger partial charge in [0.25, 0.3) is 0 Å². The van der Waals surface area contributed by atoms with Crippen molar-refractivity contribution in [1.29, 1.82) is 0 Å². The maximum atomic E-state index is 11.8. The van der Waals surface area contributed by atoms with Gasteiger partial charge in [-0.2, -0.15) is 4.31 Å². The topological polar surface area (TPSA) is 83.9 Å². The van der Waals surface area contributed by atoms with Gasteiger partial charge in [0.15, 0.2) is 0 Å². The molecule has 1 rings (SSSR count). The Kier molecular flexibility index (Phi) is 4.28. The van der Waals surface area contributed by atoms with Crippen molar-refractivity contribution in [3.8, 4) is 0 Å². The molecule has 2 unspecified atom stereocenters. The minimum Gasteiger partial charge on any atom is -0.481 e. The molecule has 0 amide bonds. The fourth-order valence-corrected chi connectivity index (χ4v) is 3.17. The van der Waals surface area contributed by atoms with Crippen LogP contribution in [0, 0.1) is 5.92 Å². The smallest absolute Gasteiger partial charge is 0.310 e. The number of sulfonamides is 1. The van der Waals surface area contributed by atoms with Gasteiger partial charge in [-0.3, -0.25) is 4.79 Å². The molecule has 0 aliphatic carbocycles. The highest BCUT2D eigenvalue weighted by Gasteiger charge is 2.40. The zero-order valence-electron chi connectivity index (χ0n) is 9.42. The summed E-state index contributed by atoms with van der Waals surface area (Å²) in [6, 6.07) is -0.589. The van der Waals surface area contributed by atoms with Crippen LogP contribution in [0.5, 0.6) is 0 Å². The van der Waals surface area contributed by atoms with Gasteiger partial charge in [0, 0.05) is 7.05 Å². The van der Waals surface area contributed by atoms with Crippen molar-refractivity contribution < 1.29 is 23.1 Å². The molecule has 0 aromatic rings. The van der Waals surface area contributed by atoms with Crippen LogP contribution >= 0.6 is 0 Å². The predicted molar refractivity (Wildman–Crippen MR) is 57.6 cm³/mol.